The van der Waals surface area contributed by atoms with Crippen LogP contribution in [-0.2, 0) is 16.1 Å². The van der Waals surface area contributed by atoms with E-state index in [1.165, 1.54) is 11.1 Å². The van der Waals surface area contributed by atoms with Gasteiger partial charge < -0.3 is 4.98 Å². The van der Waals surface area contributed by atoms with Crippen LogP contribution in [0.15, 0.2) is 15.7 Å². The summed E-state index contributed by atoms with van der Waals surface area (Å²) >= 11 is 0. The number of hydroxylamine groups is 2. The van der Waals surface area contributed by atoms with Crippen molar-refractivity contribution in [2.75, 3.05) is 13.2 Å². The summed E-state index contributed by atoms with van der Waals surface area (Å²) in [5.74, 6) is -0.265. The van der Waals surface area contributed by atoms with Crippen molar-refractivity contribution in [1.29, 1.82) is 0 Å². The van der Waals surface area contributed by atoms with E-state index in [-0.39, 0.29) is 18.0 Å². The molecule has 2 N–H and O–H groups in total. The minimum absolute atomic E-state index is 0.0425. The SMILES string of the molecule is O=C(Cc1cc(=O)[nH]c(=O)[nH]1)N1CCCO1. The van der Waals surface area contributed by atoms with E-state index >= 15 is 0 Å². The summed E-state index contributed by atoms with van der Waals surface area (Å²) in [6.45, 7) is 1.07. The maximum Gasteiger partial charge on any atom is 0.325 e. The standard InChI is InChI=1S/C9H11N3O4/c13-7-4-6(10-9(15)11-7)5-8(14)12-2-1-3-16-12/h4H,1-3,5H2,(H2,10,11,13,15). The summed E-state index contributed by atoms with van der Waals surface area (Å²) in [5.41, 5.74) is -0.846. The minimum Gasteiger partial charge on any atom is -0.311 e. The van der Waals surface area contributed by atoms with Crippen molar-refractivity contribution in [3.8, 4) is 0 Å². The lowest BCUT2D eigenvalue weighted by Gasteiger charge is -2.13. The summed E-state index contributed by atoms with van der Waals surface area (Å²) in [5, 5.41) is 1.25. The Labute approximate surface area is 90.0 Å². The first-order valence-corrected chi connectivity index (χ1v) is 4.91. The second-order valence-electron chi connectivity index (χ2n) is 3.47. The fourth-order valence-electron chi connectivity index (χ4n) is 1.51. The first-order valence-electron chi connectivity index (χ1n) is 4.91. The molecule has 1 saturated heterocycles. The molecule has 0 bridgehead atoms. The number of nitrogens with zero attached hydrogens (tertiary/aromatic N) is 1. The van der Waals surface area contributed by atoms with Gasteiger partial charge in [0, 0.05) is 11.8 Å². The van der Waals surface area contributed by atoms with E-state index in [1.54, 1.807) is 0 Å². The van der Waals surface area contributed by atoms with E-state index in [9.17, 15) is 14.4 Å². The highest BCUT2D eigenvalue weighted by Crippen LogP contribution is 2.06. The van der Waals surface area contributed by atoms with Crippen molar-refractivity contribution < 1.29 is 9.63 Å². The van der Waals surface area contributed by atoms with Gasteiger partial charge in [-0.2, -0.15) is 0 Å². The van der Waals surface area contributed by atoms with Crippen LogP contribution in [0.2, 0.25) is 0 Å². The van der Waals surface area contributed by atoms with Gasteiger partial charge in [0.1, 0.15) is 0 Å². The van der Waals surface area contributed by atoms with E-state index in [4.69, 9.17) is 4.84 Å². The molecule has 0 radical (unpaired) electrons. The van der Waals surface area contributed by atoms with Crippen molar-refractivity contribution in [3.63, 3.8) is 0 Å². The third-order valence-electron chi connectivity index (χ3n) is 2.19. The zero-order chi connectivity index (χ0) is 11.5. The van der Waals surface area contributed by atoms with Crippen LogP contribution < -0.4 is 11.2 Å². The molecule has 16 heavy (non-hydrogen) atoms. The Balaban J connectivity index is 2.11. The topological polar surface area (TPSA) is 95.3 Å². The maximum absolute atomic E-state index is 11.6. The number of aromatic nitrogens is 2. The molecule has 1 aromatic heterocycles. The molecule has 7 heteroatoms. The lowest BCUT2D eigenvalue weighted by Crippen LogP contribution is -2.30. The smallest absolute Gasteiger partial charge is 0.311 e. The Morgan fingerprint density at radius 2 is 2.25 bits per heavy atom. The first kappa shape index (κ1) is 10.6. The lowest BCUT2D eigenvalue weighted by atomic mass is 10.3. The van der Waals surface area contributed by atoms with Crippen molar-refractivity contribution in [2.24, 2.45) is 0 Å². The molecular weight excluding hydrogens is 214 g/mol. The molecule has 2 rings (SSSR count). The first-order chi connectivity index (χ1) is 7.65. The van der Waals surface area contributed by atoms with Crippen LogP contribution in [0.5, 0.6) is 0 Å². The van der Waals surface area contributed by atoms with Gasteiger partial charge in [-0.3, -0.25) is 19.4 Å². The minimum atomic E-state index is -0.613. The number of hydrogen-bond acceptors (Lipinski definition) is 4. The van der Waals surface area contributed by atoms with Crippen molar-refractivity contribution in [1.82, 2.24) is 15.0 Å². The second kappa shape index (κ2) is 4.31. The maximum atomic E-state index is 11.6. The fraction of sp³-hybridized carbons (Fsp3) is 0.444. The highest BCUT2D eigenvalue weighted by Gasteiger charge is 2.19. The predicted molar refractivity (Wildman–Crippen MR) is 53.7 cm³/mol. The molecule has 7 nitrogen and oxygen atoms in total. The van der Waals surface area contributed by atoms with Gasteiger partial charge in [0.15, 0.2) is 0 Å². The van der Waals surface area contributed by atoms with Crippen LogP contribution >= 0.6 is 0 Å². The zero-order valence-corrected chi connectivity index (χ0v) is 8.49. The number of carbonyl (C=O) groups is 1. The van der Waals surface area contributed by atoms with Crippen molar-refractivity contribution in [2.45, 2.75) is 12.8 Å². The second-order valence-corrected chi connectivity index (χ2v) is 3.47. The van der Waals surface area contributed by atoms with E-state index in [0.717, 1.165) is 6.42 Å². The number of rotatable bonds is 2. The Morgan fingerprint density at radius 1 is 1.44 bits per heavy atom. The molecule has 1 aliphatic heterocycles. The Kier molecular flexibility index (Phi) is 2.86. The zero-order valence-electron chi connectivity index (χ0n) is 8.49. The van der Waals surface area contributed by atoms with E-state index in [1.807, 2.05) is 4.98 Å². The van der Waals surface area contributed by atoms with E-state index < -0.39 is 11.2 Å². The molecule has 1 fully saturated rings. The van der Waals surface area contributed by atoms with Gasteiger partial charge in [0.05, 0.1) is 19.6 Å². The number of amides is 1. The van der Waals surface area contributed by atoms with Crippen molar-refractivity contribution >= 4 is 5.91 Å². The molecule has 0 aliphatic carbocycles. The molecule has 1 aromatic rings. The van der Waals surface area contributed by atoms with Crippen LogP contribution in [0.25, 0.3) is 0 Å². The molecule has 0 spiro atoms. The quantitative estimate of drug-likeness (QED) is 0.658. The van der Waals surface area contributed by atoms with Gasteiger partial charge in [-0.25, -0.2) is 9.86 Å². The highest BCUT2D eigenvalue weighted by molar-refractivity contribution is 5.77. The molecule has 0 unspecified atom stereocenters. The monoisotopic (exact) mass is 225 g/mol. The third-order valence-corrected chi connectivity index (χ3v) is 2.19. The third kappa shape index (κ3) is 2.37. The number of nitrogens with one attached hydrogen (secondary N) is 2. The van der Waals surface area contributed by atoms with Gasteiger partial charge in [0.2, 0.25) is 0 Å². The average Bonchev–Trinajstić information content (AvgIpc) is 2.68. The number of aromatic amines is 2. The van der Waals surface area contributed by atoms with E-state index in [0.29, 0.717) is 13.2 Å². The Morgan fingerprint density at radius 3 is 2.88 bits per heavy atom. The van der Waals surface area contributed by atoms with Crippen LogP contribution in [-0.4, -0.2) is 34.1 Å². The van der Waals surface area contributed by atoms with Crippen molar-refractivity contribution in [3.05, 3.63) is 32.6 Å². The number of carbonyl (C=O) groups excluding carboxylic acids is 1. The van der Waals surface area contributed by atoms with Gasteiger partial charge in [-0.1, -0.05) is 0 Å². The predicted octanol–water partition coefficient (Wildman–Crippen LogP) is -1.23. The summed E-state index contributed by atoms with van der Waals surface area (Å²) in [7, 11) is 0. The molecule has 0 aromatic carbocycles. The largest absolute Gasteiger partial charge is 0.325 e. The summed E-state index contributed by atoms with van der Waals surface area (Å²) in [6, 6.07) is 1.19. The molecule has 2 heterocycles. The summed E-state index contributed by atoms with van der Waals surface area (Å²) in [6.07, 6.45) is 0.761. The van der Waals surface area contributed by atoms with Crippen LogP contribution in [0, 0.1) is 0 Å². The molecule has 1 amide bonds. The van der Waals surface area contributed by atoms with Crippen LogP contribution in [0.3, 0.4) is 0 Å². The van der Waals surface area contributed by atoms with Crippen LogP contribution in [0.4, 0.5) is 0 Å². The molecule has 1 aliphatic rings. The highest BCUT2D eigenvalue weighted by atomic mass is 16.7. The van der Waals surface area contributed by atoms with Gasteiger partial charge in [-0.05, 0) is 6.42 Å². The summed E-state index contributed by atoms with van der Waals surface area (Å²) in [4.78, 5) is 43.0. The number of hydrogen-bond donors (Lipinski definition) is 2. The van der Waals surface area contributed by atoms with Crippen LogP contribution in [0.1, 0.15) is 12.1 Å². The Bertz CT molecular complexity index is 470. The molecule has 86 valence electrons. The van der Waals surface area contributed by atoms with Gasteiger partial charge in [0.25, 0.3) is 11.5 Å². The molecule has 0 saturated carbocycles. The lowest BCUT2D eigenvalue weighted by molar-refractivity contribution is -0.167. The molecular formula is C9H11N3O4. The van der Waals surface area contributed by atoms with E-state index in [2.05, 4.69) is 4.98 Å². The normalized spacial score (nSPS) is 15.4. The average molecular weight is 225 g/mol. The number of H-pyrrole nitrogens is 2. The fourth-order valence-corrected chi connectivity index (χ4v) is 1.51. The van der Waals surface area contributed by atoms with Gasteiger partial charge >= 0.3 is 5.69 Å². The van der Waals surface area contributed by atoms with Gasteiger partial charge in [-0.15, -0.1) is 0 Å². The summed E-state index contributed by atoms with van der Waals surface area (Å²) < 4.78 is 0. The Hall–Kier alpha value is -1.89. The molecule has 0 atom stereocenters.